The van der Waals surface area contributed by atoms with Crippen LogP contribution in [0.5, 0.6) is 0 Å². The van der Waals surface area contributed by atoms with E-state index in [0.29, 0.717) is 17.0 Å². The molecule has 1 saturated carbocycles. The molecule has 0 saturated heterocycles. The molecule has 0 aromatic carbocycles. The van der Waals surface area contributed by atoms with Crippen LogP contribution in [-0.2, 0) is 18.3 Å². The minimum atomic E-state index is -4.08. The summed E-state index contributed by atoms with van der Waals surface area (Å²) in [5.74, 6) is 0.294. The summed E-state index contributed by atoms with van der Waals surface area (Å²) >= 11 is 0. The molecule has 2 aromatic heterocycles. The fourth-order valence-corrected chi connectivity index (χ4v) is 4.04. The van der Waals surface area contributed by atoms with E-state index in [9.17, 15) is 9.46 Å². The lowest BCUT2D eigenvalue weighted by atomic mass is 10.3. The van der Waals surface area contributed by atoms with Gasteiger partial charge >= 0.3 is 7.82 Å². The third kappa shape index (κ3) is 4.57. The van der Waals surface area contributed by atoms with Gasteiger partial charge in [0.05, 0.1) is 25.1 Å². The van der Waals surface area contributed by atoms with Crippen molar-refractivity contribution in [2.24, 2.45) is 0 Å². The van der Waals surface area contributed by atoms with Crippen LogP contribution in [0.15, 0.2) is 12.7 Å². The van der Waals surface area contributed by atoms with E-state index in [-0.39, 0.29) is 12.7 Å². The first-order valence-corrected chi connectivity index (χ1v) is 10.1. The molecule has 1 aliphatic rings. The summed E-state index contributed by atoms with van der Waals surface area (Å²) in [5, 5.41) is 0. The van der Waals surface area contributed by atoms with Gasteiger partial charge in [0, 0.05) is 0 Å². The monoisotopic (exact) mass is 385 g/mol. The Labute approximate surface area is 151 Å². The van der Waals surface area contributed by atoms with Crippen molar-refractivity contribution in [2.75, 3.05) is 12.3 Å². The Morgan fingerprint density at radius 1 is 1.35 bits per heavy atom. The molecule has 3 atom stereocenters. The smallest absolute Gasteiger partial charge is 0.382 e. The maximum Gasteiger partial charge on any atom is 0.472 e. The predicted octanol–water partition coefficient (Wildman–Crippen LogP) is 2.41. The summed E-state index contributed by atoms with van der Waals surface area (Å²) in [7, 11) is -4.08. The van der Waals surface area contributed by atoms with Gasteiger partial charge in [-0.3, -0.25) is 13.6 Å². The molecule has 2 aromatic rings. The number of nitrogens with two attached hydrogens (primary N) is 1. The van der Waals surface area contributed by atoms with Crippen molar-refractivity contribution in [1.29, 1.82) is 0 Å². The van der Waals surface area contributed by atoms with Crippen LogP contribution in [0.3, 0.4) is 0 Å². The largest absolute Gasteiger partial charge is 0.472 e. The zero-order valence-electron chi connectivity index (χ0n) is 14.8. The molecular formula is C15H24N5O5P. The Balaban J connectivity index is 1.54. The number of rotatable bonds is 8. The zero-order chi connectivity index (χ0) is 18.7. The Hall–Kier alpha value is -1.58. The SMILES string of the molecule is CC(O[C@@H](C)COP(=O)(O)OC1CCCC1)n1cnc2c(N)ncnc21. The van der Waals surface area contributed by atoms with Crippen molar-refractivity contribution in [2.45, 2.75) is 58.0 Å². The van der Waals surface area contributed by atoms with Gasteiger partial charge < -0.3 is 15.4 Å². The molecule has 10 nitrogen and oxygen atoms in total. The number of hydrogen-bond donors (Lipinski definition) is 2. The standard InChI is InChI=1S/C15H24N5O5P/c1-10(7-23-26(21,22)25-12-5-3-4-6-12)24-11(2)20-9-19-13-14(16)17-8-18-15(13)20/h8-12H,3-7H2,1-2H3,(H,21,22)(H2,16,17,18)/t10-,11?/m0/s1. The second-order valence-corrected chi connectivity index (χ2v) is 7.81. The van der Waals surface area contributed by atoms with Gasteiger partial charge in [-0.2, -0.15) is 0 Å². The third-order valence-electron chi connectivity index (χ3n) is 4.26. The van der Waals surface area contributed by atoms with E-state index in [0.717, 1.165) is 25.7 Å². The van der Waals surface area contributed by atoms with Gasteiger partial charge in [-0.1, -0.05) is 12.8 Å². The number of nitrogens with zero attached hydrogens (tertiary/aromatic N) is 4. The van der Waals surface area contributed by atoms with Crippen LogP contribution in [0, 0.1) is 0 Å². The van der Waals surface area contributed by atoms with E-state index < -0.39 is 20.2 Å². The van der Waals surface area contributed by atoms with Gasteiger partial charge in [-0.15, -0.1) is 0 Å². The lowest BCUT2D eigenvalue weighted by Gasteiger charge is -2.22. The highest BCUT2D eigenvalue weighted by atomic mass is 31.2. The molecule has 11 heteroatoms. The number of imidazole rings is 1. The van der Waals surface area contributed by atoms with Gasteiger partial charge in [-0.05, 0) is 26.7 Å². The van der Waals surface area contributed by atoms with Crippen LogP contribution in [-0.4, -0.2) is 43.2 Å². The number of nitrogen functional groups attached to an aromatic ring is 1. The topological polar surface area (TPSA) is 135 Å². The average Bonchev–Trinajstić information content (AvgIpc) is 3.23. The molecule has 0 aliphatic heterocycles. The van der Waals surface area contributed by atoms with Crippen molar-refractivity contribution in [3.63, 3.8) is 0 Å². The summed E-state index contributed by atoms with van der Waals surface area (Å²) < 4.78 is 29.8. The highest BCUT2D eigenvalue weighted by Gasteiger charge is 2.29. The quantitative estimate of drug-likeness (QED) is 0.657. The van der Waals surface area contributed by atoms with E-state index in [1.54, 1.807) is 17.8 Å². The normalized spacial score (nSPS) is 20.3. The molecule has 26 heavy (non-hydrogen) atoms. The number of aromatic nitrogens is 4. The first-order valence-electron chi connectivity index (χ1n) is 8.60. The fourth-order valence-electron chi connectivity index (χ4n) is 2.99. The minimum absolute atomic E-state index is 0.0748. The van der Waals surface area contributed by atoms with E-state index in [1.165, 1.54) is 6.33 Å². The zero-order valence-corrected chi connectivity index (χ0v) is 15.7. The van der Waals surface area contributed by atoms with Gasteiger partial charge in [0.2, 0.25) is 0 Å². The van der Waals surface area contributed by atoms with Crippen LogP contribution in [0.4, 0.5) is 5.82 Å². The van der Waals surface area contributed by atoms with Gasteiger partial charge in [0.25, 0.3) is 0 Å². The van der Waals surface area contributed by atoms with Crippen molar-refractivity contribution >= 4 is 24.8 Å². The Morgan fingerprint density at radius 3 is 2.81 bits per heavy atom. The molecule has 2 heterocycles. The number of phosphoric ester groups is 1. The number of phosphoric acid groups is 1. The maximum atomic E-state index is 12.0. The van der Waals surface area contributed by atoms with E-state index in [1.807, 2.05) is 6.92 Å². The average molecular weight is 385 g/mol. The van der Waals surface area contributed by atoms with Gasteiger partial charge in [-0.25, -0.2) is 19.5 Å². The summed E-state index contributed by atoms with van der Waals surface area (Å²) in [6.07, 6.45) is 5.43. The van der Waals surface area contributed by atoms with E-state index in [4.69, 9.17) is 19.5 Å². The Kier molecular flexibility index (Phi) is 5.89. The Morgan fingerprint density at radius 2 is 2.08 bits per heavy atom. The minimum Gasteiger partial charge on any atom is -0.382 e. The van der Waals surface area contributed by atoms with Crippen LogP contribution in [0.1, 0.15) is 45.8 Å². The lowest BCUT2D eigenvalue weighted by molar-refractivity contribution is -0.0557. The molecule has 3 N–H and O–H groups in total. The number of anilines is 1. The maximum absolute atomic E-state index is 12.0. The van der Waals surface area contributed by atoms with Crippen LogP contribution in [0.2, 0.25) is 0 Å². The molecule has 0 radical (unpaired) electrons. The first kappa shape index (κ1) is 19.2. The molecule has 3 rings (SSSR count). The lowest BCUT2D eigenvalue weighted by Crippen LogP contribution is -2.21. The second kappa shape index (κ2) is 7.98. The summed E-state index contributed by atoms with van der Waals surface area (Å²) in [6, 6.07) is 0. The summed E-state index contributed by atoms with van der Waals surface area (Å²) in [5.41, 5.74) is 6.82. The van der Waals surface area contributed by atoms with E-state index >= 15 is 0 Å². The Bertz CT molecular complexity index is 794. The molecule has 1 fully saturated rings. The highest BCUT2D eigenvalue weighted by molar-refractivity contribution is 7.47. The molecule has 2 unspecified atom stereocenters. The van der Waals surface area contributed by atoms with Crippen molar-refractivity contribution in [1.82, 2.24) is 19.5 Å². The third-order valence-corrected chi connectivity index (χ3v) is 5.30. The van der Waals surface area contributed by atoms with E-state index in [2.05, 4.69) is 15.0 Å². The second-order valence-electron chi connectivity index (χ2n) is 6.41. The van der Waals surface area contributed by atoms with Crippen LogP contribution in [0.25, 0.3) is 11.2 Å². The summed E-state index contributed by atoms with van der Waals surface area (Å²) in [6.45, 7) is 3.48. The highest BCUT2D eigenvalue weighted by Crippen LogP contribution is 2.47. The van der Waals surface area contributed by atoms with Crippen LogP contribution < -0.4 is 5.73 Å². The van der Waals surface area contributed by atoms with Crippen LogP contribution >= 0.6 is 7.82 Å². The predicted molar refractivity (Wildman–Crippen MR) is 94.1 cm³/mol. The molecule has 0 amide bonds. The number of hydrogen-bond acceptors (Lipinski definition) is 8. The number of ether oxygens (including phenoxy) is 1. The molecule has 0 spiro atoms. The molecule has 0 bridgehead atoms. The molecule has 1 aliphatic carbocycles. The fraction of sp³-hybridized carbons (Fsp3) is 0.667. The molecule has 144 valence electrons. The first-order chi connectivity index (χ1) is 12.4. The molecular weight excluding hydrogens is 361 g/mol. The van der Waals surface area contributed by atoms with Crippen molar-refractivity contribution < 1.29 is 23.2 Å². The van der Waals surface area contributed by atoms with Gasteiger partial charge in [0.15, 0.2) is 11.5 Å². The van der Waals surface area contributed by atoms with Crippen molar-refractivity contribution in [3.05, 3.63) is 12.7 Å². The summed E-state index contributed by atoms with van der Waals surface area (Å²) in [4.78, 5) is 22.1. The van der Waals surface area contributed by atoms with Gasteiger partial charge in [0.1, 0.15) is 18.1 Å². The van der Waals surface area contributed by atoms with Crippen molar-refractivity contribution in [3.8, 4) is 0 Å². The number of fused-ring (bicyclic) bond motifs is 1.